The molecule has 3 amide bonds. The summed E-state index contributed by atoms with van der Waals surface area (Å²) in [7, 11) is 0. The molecule has 8 heteroatoms. The van der Waals surface area contributed by atoms with Crippen LogP contribution in [0.4, 0.5) is 10.1 Å². The Bertz CT molecular complexity index is 711. The van der Waals surface area contributed by atoms with Gasteiger partial charge in [0.1, 0.15) is 11.9 Å². The predicted octanol–water partition coefficient (Wildman–Crippen LogP) is -0.250. The van der Waals surface area contributed by atoms with Crippen molar-refractivity contribution in [3.05, 3.63) is 29.6 Å². The van der Waals surface area contributed by atoms with Crippen LogP contribution in [-0.4, -0.2) is 42.6 Å². The number of piperidine rings is 1. The van der Waals surface area contributed by atoms with E-state index in [0.717, 1.165) is 0 Å². The summed E-state index contributed by atoms with van der Waals surface area (Å²) in [5.74, 6) is -2.36. The molecule has 2 aliphatic heterocycles. The van der Waals surface area contributed by atoms with Crippen LogP contribution in [0, 0.1) is 5.82 Å². The van der Waals surface area contributed by atoms with Gasteiger partial charge >= 0.3 is 0 Å². The molecule has 3 rings (SSSR count). The van der Waals surface area contributed by atoms with Gasteiger partial charge in [0.25, 0.3) is 5.91 Å². The number of nitrogens with zero attached hydrogens (tertiary/aromatic N) is 1. The highest BCUT2D eigenvalue weighted by molar-refractivity contribution is 6.04. The maximum absolute atomic E-state index is 14.1. The lowest BCUT2D eigenvalue weighted by molar-refractivity contribution is -0.134. The summed E-state index contributed by atoms with van der Waals surface area (Å²) < 4.78 is 14.1. The maximum atomic E-state index is 14.1. The lowest BCUT2D eigenvalue weighted by Gasteiger charge is -2.31. The summed E-state index contributed by atoms with van der Waals surface area (Å²) in [5.41, 5.74) is 0.338. The average Bonchev–Trinajstić information content (AvgIpc) is 2.46. The van der Waals surface area contributed by atoms with Gasteiger partial charge in [0.15, 0.2) is 5.78 Å². The molecule has 0 saturated carbocycles. The fourth-order valence-electron chi connectivity index (χ4n) is 2.51. The molecule has 2 fully saturated rings. The van der Waals surface area contributed by atoms with Gasteiger partial charge < -0.3 is 10.2 Å². The van der Waals surface area contributed by atoms with Crippen molar-refractivity contribution >= 4 is 29.2 Å². The molecule has 1 aromatic carbocycles. The van der Waals surface area contributed by atoms with Gasteiger partial charge in [-0.3, -0.25) is 24.5 Å². The summed E-state index contributed by atoms with van der Waals surface area (Å²) in [6.07, 6.45) is 0.313. The van der Waals surface area contributed by atoms with Gasteiger partial charge in [-0.25, -0.2) is 4.39 Å². The molecule has 2 heterocycles. The first-order valence-corrected chi connectivity index (χ1v) is 7.15. The predicted molar refractivity (Wildman–Crippen MR) is 77.3 cm³/mol. The number of anilines is 1. The third-order valence-corrected chi connectivity index (χ3v) is 3.84. The fourth-order valence-corrected chi connectivity index (χ4v) is 2.51. The van der Waals surface area contributed by atoms with E-state index in [-0.39, 0.29) is 43.2 Å². The zero-order chi connectivity index (χ0) is 16.6. The van der Waals surface area contributed by atoms with Crippen LogP contribution in [0.5, 0.6) is 0 Å². The van der Waals surface area contributed by atoms with Gasteiger partial charge in [-0.15, -0.1) is 0 Å². The van der Waals surface area contributed by atoms with E-state index in [1.54, 1.807) is 11.0 Å². The average molecular weight is 319 g/mol. The maximum Gasteiger partial charge on any atom is 0.254 e. The van der Waals surface area contributed by atoms with E-state index in [9.17, 15) is 23.6 Å². The molecule has 2 saturated heterocycles. The minimum atomic E-state index is -0.854. The topological polar surface area (TPSA) is 95.6 Å². The molecule has 1 aromatic rings. The number of hydrogen-bond donors (Lipinski definition) is 2. The second kappa shape index (κ2) is 5.79. The van der Waals surface area contributed by atoms with Crippen LogP contribution >= 0.6 is 0 Å². The Kier molecular flexibility index (Phi) is 3.81. The van der Waals surface area contributed by atoms with Crippen LogP contribution in [0.3, 0.4) is 0 Å². The molecule has 0 radical (unpaired) electrons. The Morgan fingerprint density at radius 3 is 2.61 bits per heavy atom. The molecule has 2 aliphatic rings. The lowest BCUT2D eigenvalue weighted by atomic mass is 10.0. The molecular formula is C15H14FN3O4. The van der Waals surface area contributed by atoms with Crippen molar-refractivity contribution in [2.24, 2.45) is 0 Å². The molecule has 0 aliphatic carbocycles. The normalized spacial score (nSPS) is 20.8. The van der Waals surface area contributed by atoms with E-state index >= 15 is 0 Å². The number of nitrogens with one attached hydrogen (secondary N) is 2. The Morgan fingerprint density at radius 1 is 1.26 bits per heavy atom. The highest BCUT2D eigenvalue weighted by Gasteiger charge is 2.29. The molecule has 120 valence electrons. The molecule has 1 unspecified atom stereocenters. The molecule has 1 atom stereocenters. The number of imide groups is 1. The number of amides is 3. The van der Waals surface area contributed by atoms with Gasteiger partial charge in [-0.2, -0.15) is 0 Å². The summed E-state index contributed by atoms with van der Waals surface area (Å²) in [6.45, 7) is 0.475. The number of ketones is 1. The van der Waals surface area contributed by atoms with E-state index in [4.69, 9.17) is 0 Å². The van der Waals surface area contributed by atoms with Crippen molar-refractivity contribution in [2.75, 3.05) is 18.0 Å². The van der Waals surface area contributed by atoms with Crippen molar-refractivity contribution < 1.29 is 23.6 Å². The number of carbonyl (C=O) groups excluding carboxylic acids is 4. The van der Waals surface area contributed by atoms with Crippen LogP contribution in [0.1, 0.15) is 23.2 Å². The minimum Gasteiger partial charge on any atom is -0.357 e. The standard InChI is InChI=1S/C15H14FN3O4/c16-11-5-8(19-6-9(20)7-19)1-2-10(11)14(22)17-12-3-4-13(21)18-15(12)23/h1-2,5,12H,3-4,6-7H2,(H,17,22)(H,18,21,23). The van der Waals surface area contributed by atoms with Crippen molar-refractivity contribution in [3.63, 3.8) is 0 Å². The molecular weight excluding hydrogens is 305 g/mol. The van der Waals surface area contributed by atoms with Gasteiger partial charge in [-0.1, -0.05) is 0 Å². The summed E-state index contributed by atoms with van der Waals surface area (Å²) in [6, 6.07) is 3.20. The van der Waals surface area contributed by atoms with E-state index in [1.165, 1.54) is 12.1 Å². The third kappa shape index (κ3) is 3.05. The largest absolute Gasteiger partial charge is 0.357 e. The van der Waals surface area contributed by atoms with Crippen molar-refractivity contribution in [2.45, 2.75) is 18.9 Å². The number of hydrogen-bond acceptors (Lipinski definition) is 5. The first kappa shape index (κ1) is 15.1. The van der Waals surface area contributed by atoms with E-state index in [2.05, 4.69) is 10.6 Å². The van der Waals surface area contributed by atoms with Crippen molar-refractivity contribution in [1.82, 2.24) is 10.6 Å². The van der Waals surface area contributed by atoms with Gasteiger partial charge in [0.05, 0.1) is 18.7 Å². The molecule has 2 N–H and O–H groups in total. The number of halogens is 1. The Labute approximate surface area is 130 Å². The van der Waals surface area contributed by atoms with Crippen LogP contribution in [0.25, 0.3) is 0 Å². The van der Waals surface area contributed by atoms with Crippen LogP contribution in [-0.2, 0) is 14.4 Å². The monoisotopic (exact) mass is 319 g/mol. The van der Waals surface area contributed by atoms with Crippen molar-refractivity contribution in [3.8, 4) is 0 Å². The third-order valence-electron chi connectivity index (χ3n) is 3.84. The zero-order valence-electron chi connectivity index (χ0n) is 12.1. The van der Waals surface area contributed by atoms with Crippen molar-refractivity contribution in [1.29, 1.82) is 0 Å². The number of benzene rings is 1. The summed E-state index contributed by atoms with van der Waals surface area (Å²) in [5, 5.41) is 4.54. The molecule has 0 aromatic heterocycles. The van der Waals surface area contributed by atoms with Crippen LogP contribution in [0.15, 0.2) is 18.2 Å². The quantitative estimate of drug-likeness (QED) is 0.749. The van der Waals surface area contributed by atoms with E-state index in [0.29, 0.717) is 5.69 Å². The minimum absolute atomic E-state index is 0.0742. The fraction of sp³-hybridized carbons (Fsp3) is 0.333. The van der Waals surface area contributed by atoms with Gasteiger partial charge in [0.2, 0.25) is 11.8 Å². The Hall–Kier alpha value is -2.77. The molecule has 7 nitrogen and oxygen atoms in total. The smallest absolute Gasteiger partial charge is 0.254 e. The SMILES string of the molecule is O=C1CN(c2ccc(C(=O)NC3CCC(=O)NC3=O)c(F)c2)C1. The van der Waals surface area contributed by atoms with Gasteiger partial charge in [-0.05, 0) is 24.6 Å². The first-order chi connectivity index (χ1) is 10.9. The summed E-state index contributed by atoms with van der Waals surface area (Å²) >= 11 is 0. The van der Waals surface area contributed by atoms with E-state index < -0.39 is 23.7 Å². The highest BCUT2D eigenvalue weighted by atomic mass is 19.1. The van der Waals surface area contributed by atoms with Gasteiger partial charge in [0, 0.05) is 12.1 Å². The highest BCUT2D eigenvalue weighted by Crippen LogP contribution is 2.22. The zero-order valence-corrected chi connectivity index (χ0v) is 12.1. The van der Waals surface area contributed by atoms with Crippen LogP contribution in [0.2, 0.25) is 0 Å². The molecule has 0 bridgehead atoms. The first-order valence-electron chi connectivity index (χ1n) is 7.15. The van der Waals surface area contributed by atoms with E-state index in [1.807, 2.05) is 0 Å². The lowest BCUT2D eigenvalue weighted by Crippen LogP contribution is -2.52. The number of carbonyl (C=O) groups is 4. The molecule has 0 spiro atoms. The van der Waals surface area contributed by atoms with Crippen LogP contribution < -0.4 is 15.5 Å². The Morgan fingerprint density at radius 2 is 2.00 bits per heavy atom. The summed E-state index contributed by atoms with van der Waals surface area (Å²) in [4.78, 5) is 47.4. The second-order valence-electron chi connectivity index (χ2n) is 5.54. The second-order valence-corrected chi connectivity index (χ2v) is 5.54. The molecule has 23 heavy (non-hydrogen) atoms. The number of Topliss-reactive ketones (excluding diaryl/α,β-unsaturated/α-hetero) is 1. The number of rotatable bonds is 3. The Balaban J connectivity index is 1.68.